The monoisotopic (exact) mass is 1050 g/mol. The van der Waals surface area contributed by atoms with E-state index >= 15 is 18.3 Å². The maximum atomic E-state index is 16.6. The Balaban J connectivity index is 1.18. The molecule has 0 N–H and O–H groups in total. The van der Waals surface area contributed by atoms with Gasteiger partial charge in [-0.1, -0.05) is 261 Å². The highest BCUT2D eigenvalue weighted by Crippen LogP contribution is 2.64. The van der Waals surface area contributed by atoms with E-state index < -0.39 is 34.0 Å². The van der Waals surface area contributed by atoms with E-state index in [1.165, 1.54) is 0 Å². The first kappa shape index (κ1) is 48.0. The molecule has 76 heavy (non-hydrogen) atoms. The molecule has 0 aromatic heterocycles. The lowest BCUT2D eigenvalue weighted by Gasteiger charge is -2.33. The number of benzene rings is 11. The van der Waals surface area contributed by atoms with Gasteiger partial charge in [0.15, 0.2) is 21.4 Å². The van der Waals surface area contributed by atoms with Gasteiger partial charge in [0.25, 0.3) is 0 Å². The van der Waals surface area contributed by atoms with Crippen molar-refractivity contribution >= 4 is 86.9 Å². The number of hydrogen-bond acceptors (Lipinski definition) is 4. The second-order valence-corrected chi connectivity index (χ2v) is 31.0. The van der Waals surface area contributed by atoms with Crippen LogP contribution in [0.25, 0.3) is 22.3 Å². The standard InChI is InChI=1S/C68H50O4P4/c1-73(69,49-23-9-2-10-24-49)56-37-41-60-61-42-38-57(74(70,50-25-11-3-12-26-50)51-27-13-4-14-28-51)46-65(61)68(64(60)45-56)66-47-58(75(71,52-29-15-5-16-30-52)53-31-17-6-18-32-53)39-43-62(66)63-44-40-59(48-67(63)68)76(72,54-33-19-7-20-34-54)55-35-21-8-22-36-55/h2-48H,1H3. The van der Waals surface area contributed by atoms with Gasteiger partial charge in [0.2, 0.25) is 0 Å². The molecule has 1 atom stereocenters. The van der Waals surface area contributed by atoms with Crippen molar-refractivity contribution in [2.45, 2.75) is 5.41 Å². The average molecular weight is 1060 g/mol. The van der Waals surface area contributed by atoms with Crippen LogP contribution in [0.4, 0.5) is 0 Å². The van der Waals surface area contributed by atoms with Gasteiger partial charge in [0, 0.05) is 58.3 Å². The highest BCUT2D eigenvalue weighted by atomic mass is 31.2. The summed E-state index contributed by atoms with van der Waals surface area (Å²) in [4.78, 5) is 0. The highest BCUT2D eigenvalue weighted by molar-refractivity contribution is 7.86. The Morgan fingerprint density at radius 3 is 0.658 bits per heavy atom. The van der Waals surface area contributed by atoms with Gasteiger partial charge in [-0.15, -0.1) is 0 Å². The second-order valence-electron chi connectivity index (χ2n) is 19.8. The van der Waals surface area contributed by atoms with Crippen LogP contribution in [-0.4, -0.2) is 6.66 Å². The number of rotatable bonds is 11. The lowest BCUT2D eigenvalue weighted by atomic mass is 9.70. The normalized spacial score (nSPS) is 14.0. The molecule has 366 valence electrons. The van der Waals surface area contributed by atoms with Gasteiger partial charge >= 0.3 is 0 Å². The molecule has 0 amide bonds. The zero-order valence-electron chi connectivity index (χ0n) is 41.6. The number of hydrogen-bond donors (Lipinski definition) is 0. The van der Waals surface area contributed by atoms with Crippen LogP contribution in [0, 0.1) is 0 Å². The molecule has 11 aromatic carbocycles. The molecule has 0 bridgehead atoms. The molecule has 1 unspecified atom stereocenters. The van der Waals surface area contributed by atoms with E-state index in [0.717, 1.165) is 49.8 Å². The molecule has 1 spiro atoms. The zero-order chi connectivity index (χ0) is 51.7. The van der Waals surface area contributed by atoms with Crippen LogP contribution in [0.3, 0.4) is 0 Å². The van der Waals surface area contributed by atoms with Crippen molar-refractivity contribution in [1.82, 2.24) is 0 Å². The van der Waals surface area contributed by atoms with Gasteiger partial charge in [-0.25, -0.2) is 0 Å². The summed E-state index contributed by atoms with van der Waals surface area (Å²) < 4.78 is 65.4. The van der Waals surface area contributed by atoms with E-state index in [1.54, 1.807) is 0 Å². The maximum Gasteiger partial charge on any atom is 0.171 e. The van der Waals surface area contributed by atoms with Crippen LogP contribution in [-0.2, 0) is 23.7 Å². The Labute approximate surface area is 444 Å². The second kappa shape index (κ2) is 18.6. The summed E-state index contributed by atoms with van der Waals surface area (Å²) in [6.07, 6.45) is 0. The third kappa shape index (κ3) is 7.20. The Bertz CT molecular complexity index is 3800. The molecule has 2 aliphatic carbocycles. The molecular weight excluding hydrogens is 1000 g/mol. The Morgan fingerprint density at radius 2 is 0.421 bits per heavy atom. The fourth-order valence-electron chi connectivity index (χ4n) is 12.1. The van der Waals surface area contributed by atoms with E-state index in [9.17, 15) is 0 Å². The lowest BCUT2D eigenvalue weighted by molar-refractivity contribution is 0.590. The van der Waals surface area contributed by atoms with E-state index in [0.29, 0.717) is 53.0 Å². The fourth-order valence-corrected chi connectivity index (χ4v) is 21.9. The molecule has 11 aromatic rings. The van der Waals surface area contributed by atoms with E-state index in [1.807, 2.05) is 243 Å². The molecule has 0 saturated heterocycles. The maximum absolute atomic E-state index is 16.6. The third-order valence-electron chi connectivity index (χ3n) is 15.8. The molecule has 13 rings (SSSR count). The average Bonchev–Trinajstić information content (AvgIpc) is 4.19. The van der Waals surface area contributed by atoms with E-state index in [2.05, 4.69) is 48.5 Å². The molecule has 0 aliphatic heterocycles. The molecule has 8 heteroatoms. The van der Waals surface area contributed by atoms with Crippen LogP contribution in [0.1, 0.15) is 22.3 Å². The van der Waals surface area contributed by atoms with Gasteiger partial charge in [-0.2, -0.15) is 0 Å². The number of fused-ring (bicyclic) bond motifs is 10. The Morgan fingerprint density at radius 1 is 0.224 bits per heavy atom. The molecule has 4 nitrogen and oxygen atoms in total. The minimum atomic E-state index is -3.57. The first-order chi connectivity index (χ1) is 37.1. The summed E-state index contributed by atoms with van der Waals surface area (Å²) >= 11 is 0. The van der Waals surface area contributed by atoms with Gasteiger partial charge in [0.1, 0.15) is 7.14 Å². The van der Waals surface area contributed by atoms with Crippen molar-refractivity contribution in [2.75, 3.05) is 6.66 Å². The van der Waals surface area contributed by atoms with Crippen molar-refractivity contribution in [3.8, 4) is 22.3 Å². The van der Waals surface area contributed by atoms with Crippen molar-refractivity contribution in [1.29, 1.82) is 0 Å². The Hall–Kier alpha value is -7.66. The minimum absolute atomic E-state index is 0.655. The predicted octanol–water partition coefficient (Wildman–Crippen LogP) is 11.9. The van der Waals surface area contributed by atoms with Crippen LogP contribution >= 0.6 is 28.6 Å². The van der Waals surface area contributed by atoms with Gasteiger partial charge < -0.3 is 18.3 Å². The minimum Gasteiger partial charge on any atom is -0.314 e. The van der Waals surface area contributed by atoms with Gasteiger partial charge in [0.05, 0.1) is 5.41 Å². The molecule has 2 aliphatic rings. The third-order valence-corrected chi connectivity index (χ3v) is 27.5. The van der Waals surface area contributed by atoms with Crippen molar-refractivity contribution in [2.24, 2.45) is 0 Å². The quantitative estimate of drug-likeness (QED) is 0.121. The van der Waals surface area contributed by atoms with Crippen LogP contribution < -0.4 is 58.3 Å². The molecule has 0 radical (unpaired) electrons. The Kier molecular flexibility index (Phi) is 11.7. The van der Waals surface area contributed by atoms with Crippen LogP contribution in [0.5, 0.6) is 0 Å². The summed E-state index contributed by atoms with van der Waals surface area (Å²) in [6, 6.07) is 93.1. The summed E-state index contributed by atoms with van der Waals surface area (Å²) in [7, 11) is -13.9. The summed E-state index contributed by atoms with van der Waals surface area (Å²) in [5, 5.41) is 7.63. The topological polar surface area (TPSA) is 68.3 Å². The largest absolute Gasteiger partial charge is 0.314 e. The van der Waals surface area contributed by atoms with Crippen LogP contribution in [0.2, 0.25) is 0 Å². The molecule has 0 heterocycles. The van der Waals surface area contributed by atoms with Crippen molar-refractivity contribution in [3.63, 3.8) is 0 Å². The highest BCUT2D eigenvalue weighted by Gasteiger charge is 2.54. The van der Waals surface area contributed by atoms with E-state index in [-0.39, 0.29) is 0 Å². The van der Waals surface area contributed by atoms with Gasteiger partial charge in [-0.3, -0.25) is 0 Å². The smallest absolute Gasteiger partial charge is 0.171 e. The summed E-state index contributed by atoms with van der Waals surface area (Å²) in [6.45, 7) is 1.84. The fraction of sp³-hybridized carbons (Fsp3) is 0.0294. The first-order valence-electron chi connectivity index (χ1n) is 25.5. The van der Waals surface area contributed by atoms with E-state index in [4.69, 9.17) is 0 Å². The van der Waals surface area contributed by atoms with Gasteiger partial charge in [-0.05, 0) is 75.4 Å². The van der Waals surface area contributed by atoms with Crippen LogP contribution in [0.15, 0.2) is 285 Å². The van der Waals surface area contributed by atoms with Crippen molar-refractivity contribution < 1.29 is 18.3 Å². The molecule has 0 saturated carbocycles. The first-order valence-corrected chi connectivity index (χ1v) is 32.7. The summed E-state index contributed by atoms with van der Waals surface area (Å²) in [5.41, 5.74) is 6.05. The zero-order valence-corrected chi connectivity index (χ0v) is 45.1. The molecular formula is C68H50O4P4. The van der Waals surface area contributed by atoms with Crippen molar-refractivity contribution in [3.05, 3.63) is 307 Å². The molecule has 0 fully saturated rings. The lowest BCUT2D eigenvalue weighted by Crippen LogP contribution is -2.32. The SMILES string of the molecule is CP(=O)(c1ccccc1)c1ccc2c(c1)C1(c3cc(P(=O)(c4ccccc4)c4ccccc4)ccc3-2)c2cc(P(=O)(c3ccccc3)c3ccccc3)ccc2-c2ccc(P(=O)(c3ccccc3)c3ccccc3)cc21. The predicted molar refractivity (Wildman–Crippen MR) is 320 cm³/mol. The summed E-state index contributed by atoms with van der Waals surface area (Å²) in [5.74, 6) is 0.